The molecule has 0 saturated carbocycles. The maximum atomic E-state index is 12.5. The summed E-state index contributed by atoms with van der Waals surface area (Å²) in [6, 6.07) is 9.97. The molecule has 0 aliphatic carbocycles. The Hall–Kier alpha value is -3.22. The number of fused-ring (bicyclic) bond motifs is 1. The minimum Gasteiger partial charge on any atom is -0.451 e. The number of nitrogens with zero attached hydrogens (tertiary/aromatic N) is 3. The van der Waals surface area contributed by atoms with E-state index in [4.69, 9.17) is 4.42 Å². The van der Waals surface area contributed by atoms with Gasteiger partial charge in [-0.1, -0.05) is 12.1 Å². The molecule has 24 heavy (non-hydrogen) atoms. The van der Waals surface area contributed by atoms with Crippen LogP contribution in [-0.4, -0.2) is 39.9 Å². The second kappa shape index (κ2) is 5.77. The Kier molecular flexibility index (Phi) is 3.45. The zero-order chi connectivity index (χ0) is 16.5. The minimum absolute atomic E-state index is 0.0631. The normalized spacial score (nSPS) is 14.4. The number of likely N-dealkylation sites (tertiary alicyclic amines) is 1. The van der Waals surface area contributed by atoms with Crippen molar-refractivity contribution in [1.29, 1.82) is 0 Å². The molecule has 1 aromatic carbocycles. The fraction of sp³-hybridized carbons (Fsp3) is 0.176. The summed E-state index contributed by atoms with van der Waals surface area (Å²) >= 11 is 0. The third-order valence-corrected chi connectivity index (χ3v) is 3.91. The zero-order valence-corrected chi connectivity index (χ0v) is 12.7. The number of nitrogens with one attached hydrogen (secondary N) is 1. The second-order valence-corrected chi connectivity index (χ2v) is 5.59. The molecule has 1 aliphatic rings. The van der Waals surface area contributed by atoms with E-state index < -0.39 is 0 Å². The van der Waals surface area contributed by atoms with Crippen LogP contribution in [0.5, 0.6) is 0 Å². The van der Waals surface area contributed by atoms with Crippen LogP contribution >= 0.6 is 0 Å². The number of para-hydroxylation sites is 1. The Bertz CT molecular complexity index is 949. The van der Waals surface area contributed by atoms with Crippen molar-refractivity contribution < 1.29 is 9.21 Å². The summed E-state index contributed by atoms with van der Waals surface area (Å²) in [5.74, 6) is 0.310. The lowest BCUT2D eigenvalue weighted by Crippen LogP contribution is -2.57. The topological polar surface area (TPSA) is 88.3 Å². The van der Waals surface area contributed by atoms with Gasteiger partial charge < -0.3 is 14.6 Å². The maximum Gasteiger partial charge on any atom is 0.289 e. The molecule has 7 heteroatoms. The molecule has 0 radical (unpaired) electrons. The summed E-state index contributed by atoms with van der Waals surface area (Å²) in [6.45, 7) is 1.02. The first-order chi connectivity index (χ1) is 11.7. The summed E-state index contributed by atoms with van der Waals surface area (Å²) < 4.78 is 5.58. The first-order valence-corrected chi connectivity index (χ1v) is 7.56. The number of amides is 1. The quantitative estimate of drug-likeness (QED) is 0.786. The molecule has 2 aromatic heterocycles. The van der Waals surface area contributed by atoms with E-state index in [0.29, 0.717) is 30.0 Å². The number of hydrogen-bond acceptors (Lipinski definition) is 6. The fourth-order valence-electron chi connectivity index (χ4n) is 2.66. The number of rotatable bonds is 3. The van der Waals surface area contributed by atoms with Crippen molar-refractivity contribution in [3.8, 4) is 0 Å². The average Bonchev–Trinajstić information content (AvgIpc) is 2.58. The first-order valence-electron chi connectivity index (χ1n) is 7.56. The van der Waals surface area contributed by atoms with E-state index in [1.165, 1.54) is 6.07 Å². The van der Waals surface area contributed by atoms with Crippen LogP contribution < -0.4 is 10.7 Å². The van der Waals surface area contributed by atoms with Gasteiger partial charge in [0.25, 0.3) is 5.91 Å². The number of hydrogen-bond donors (Lipinski definition) is 1. The van der Waals surface area contributed by atoms with Crippen LogP contribution in [0.2, 0.25) is 0 Å². The van der Waals surface area contributed by atoms with Crippen LogP contribution in [0.1, 0.15) is 10.6 Å². The third-order valence-electron chi connectivity index (χ3n) is 3.91. The Morgan fingerprint density at radius 2 is 1.92 bits per heavy atom. The summed E-state index contributed by atoms with van der Waals surface area (Å²) in [6.07, 6.45) is 3.31. The van der Waals surface area contributed by atoms with Gasteiger partial charge in [0, 0.05) is 31.5 Å². The van der Waals surface area contributed by atoms with Crippen molar-refractivity contribution in [2.45, 2.75) is 6.04 Å². The maximum absolute atomic E-state index is 12.5. The standard InChI is InChI=1S/C17H14N4O3/c22-13-8-15(24-14-5-2-1-4-12(13)14)16(23)21-9-11(10-21)20-17-18-6-3-7-19-17/h1-8,11H,9-10H2,(H,18,19,20). The summed E-state index contributed by atoms with van der Waals surface area (Å²) in [7, 11) is 0. The molecule has 1 saturated heterocycles. The van der Waals surface area contributed by atoms with Gasteiger partial charge in [0.05, 0.1) is 11.4 Å². The highest BCUT2D eigenvalue weighted by atomic mass is 16.3. The molecule has 1 amide bonds. The lowest BCUT2D eigenvalue weighted by molar-refractivity contribution is 0.0592. The molecule has 0 bridgehead atoms. The molecule has 0 spiro atoms. The Balaban J connectivity index is 1.47. The SMILES string of the molecule is O=C(c1cc(=O)c2ccccc2o1)N1CC(Nc2ncccn2)C1. The van der Waals surface area contributed by atoms with Gasteiger partial charge in [0.1, 0.15) is 5.58 Å². The molecule has 0 unspecified atom stereocenters. The lowest BCUT2D eigenvalue weighted by Gasteiger charge is -2.39. The molecule has 120 valence electrons. The molecule has 7 nitrogen and oxygen atoms in total. The van der Waals surface area contributed by atoms with Crippen LogP contribution in [0, 0.1) is 0 Å². The number of aromatic nitrogens is 2. The zero-order valence-electron chi connectivity index (χ0n) is 12.7. The van der Waals surface area contributed by atoms with Crippen LogP contribution in [0.15, 0.2) is 58.0 Å². The number of carbonyl (C=O) groups excluding carboxylic acids is 1. The molecule has 3 aromatic rings. The highest BCUT2D eigenvalue weighted by Crippen LogP contribution is 2.18. The molecule has 1 fully saturated rings. The molecule has 0 atom stereocenters. The van der Waals surface area contributed by atoms with Crippen molar-refractivity contribution in [1.82, 2.24) is 14.9 Å². The van der Waals surface area contributed by atoms with E-state index in [-0.39, 0.29) is 23.1 Å². The van der Waals surface area contributed by atoms with Gasteiger partial charge in [-0.05, 0) is 18.2 Å². The van der Waals surface area contributed by atoms with E-state index in [9.17, 15) is 9.59 Å². The molecular weight excluding hydrogens is 308 g/mol. The first kappa shape index (κ1) is 14.4. The smallest absolute Gasteiger partial charge is 0.289 e. The van der Waals surface area contributed by atoms with Crippen molar-refractivity contribution in [3.05, 3.63) is 64.8 Å². The summed E-state index contributed by atoms with van der Waals surface area (Å²) in [4.78, 5) is 34.3. The van der Waals surface area contributed by atoms with Crippen LogP contribution in [0.4, 0.5) is 5.95 Å². The van der Waals surface area contributed by atoms with Crippen molar-refractivity contribution >= 4 is 22.8 Å². The van der Waals surface area contributed by atoms with Crippen LogP contribution in [0.3, 0.4) is 0 Å². The molecule has 1 N–H and O–H groups in total. The average molecular weight is 322 g/mol. The highest BCUT2D eigenvalue weighted by Gasteiger charge is 2.33. The summed E-state index contributed by atoms with van der Waals surface area (Å²) in [5.41, 5.74) is 0.203. The van der Waals surface area contributed by atoms with Gasteiger partial charge in [0.15, 0.2) is 11.2 Å². The Labute approximate surface area is 137 Å². The van der Waals surface area contributed by atoms with Gasteiger partial charge >= 0.3 is 0 Å². The lowest BCUT2D eigenvalue weighted by atomic mass is 10.1. The van der Waals surface area contributed by atoms with E-state index in [1.54, 1.807) is 47.6 Å². The highest BCUT2D eigenvalue weighted by molar-refractivity contribution is 5.93. The van der Waals surface area contributed by atoms with Crippen LogP contribution in [-0.2, 0) is 0 Å². The summed E-state index contributed by atoms with van der Waals surface area (Å²) in [5, 5.41) is 3.62. The van der Waals surface area contributed by atoms with Gasteiger partial charge in [0.2, 0.25) is 5.95 Å². The molecule has 3 heterocycles. The van der Waals surface area contributed by atoms with Crippen molar-refractivity contribution in [2.75, 3.05) is 18.4 Å². The third kappa shape index (κ3) is 2.60. The number of carbonyl (C=O) groups is 1. The van der Waals surface area contributed by atoms with Crippen molar-refractivity contribution in [3.63, 3.8) is 0 Å². The van der Waals surface area contributed by atoms with Crippen LogP contribution in [0.25, 0.3) is 11.0 Å². The largest absolute Gasteiger partial charge is 0.451 e. The molecular formula is C17H14N4O3. The van der Waals surface area contributed by atoms with Gasteiger partial charge in [-0.3, -0.25) is 9.59 Å². The second-order valence-electron chi connectivity index (χ2n) is 5.59. The monoisotopic (exact) mass is 322 g/mol. The predicted molar refractivity (Wildman–Crippen MR) is 87.8 cm³/mol. The van der Waals surface area contributed by atoms with E-state index in [1.807, 2.05) is 0 Å². The predicted octanol–water partition coefficient (Wildman–Crippen LogP) is 1.52. The van der Waals surface area contributed by atoms with Crippen molar-refractivity contribution in [2.24, 2.45) is 0 Å². The van der Waals surface area contributed by atoms with E-state index >= 15 is 0 Å². The van der Waals surface area contributed by atoms with Gasteiger partial charge in [-0.15, -0.1) is 0 Å². The molecule has 4 rings (SSSR count). The van der Waals surface area contributed by atoms with Gasteiger partial charge in [-0.2, -0.15) is 0 Å². The van der Waals surface area contributed by atoms with E-state index in [0.717, 1.165) is 0 Å². The number of anilines is 1. The Morgan fingerprint density at radius 1 is 1.17 bits per heavy atom. The fourth-order valence-corrected chi connectivity index (χ4v) is 2.66. The minimum atomic E-state index is -0.287. The molecule has 1 aliphatic heterocycles. The van der Waals surface area contributed by atoms with Gasteiger partial charge in [-0.25, -0.2) is 9.97 Å². The number of benzene rings is 1. The Morgan fingerprint density at radius 3 is 2.71 bits per heavy atom. The van der Waals surface area contributed by atoms with E-state index in [2.05, 4.69) is 15.3 Å².